The molecule has 1 heterocycles. The first-order chi connectivity index (χ1) is 9.60. The van der Waals surface area contributed by atoms with E-state index in [1.54, 1.807) is 0 Å². The molecule has 1 N–H and O–H groups in total. The van der Waals surface area contributed by atoms with Crippen molar-refractivity contribution < 1.29 is 9.84 Å². The van der Waals surface area contributed by atoms with E-state index >= 15 is 0 Å². The van der Waals surface area contributed by atoms with Crippen LogP contribution in [0.4, 0.5) is 0 Å². The van der Waals surface area contributed by atoms with Crippen LogP contribution in [0.25, 0.3) is 0 Å². The summed E-state index contributed by atoms with van der Waals surface area (Å²) in [6, 6.07) is 6.28. The lowest BCUT2D eigenvalue weighted by Gasteiger charge is -2.27. The van der Waals surface area contributed by atoms with Crippen LogP contribution in [0.5, 0.6) is 0 Å². The van der Waals surface area contributed by atoms with Gasteiger partial charge in [0.15, 0.2) is 0 Å². The highest BCUT2D eigenvalue weighted by atomic mass is 16.5. The van der Waals surface area contributed by atoms with Gasteiger partial charge >= 0.3 is 0 Å². The third kappa shape index (κ3) is 4.05. The molecule has 0 spiro atoms. The molecule has 0 aromatic heterocycles. The molecule has 1 aliphatic rings. The van der Waals surface area contributed by atoms with E-state index in [-0.39, 0.29) is 0 Å². The van der Waals surface area contributed by atoms with Gasteiger partial charge in [0, 0.05) is 19.7 Å². The summed E-state index contributed by atoms with van der Waals surface area (Å²) in [6.45, 7) is 9.72. The molecule has 3 heteroatoms. The van der Waals surface area contributed by atoms with E-state index in [2.05, 4.69) is 43.9 Å². The van der Waals surface area contributed by atoms with Gasteiger partial charge in [-0.15, -0.1) is 0 Å². The minimum atomic E-state index is -0.420. The quantitative estimate of drug-likeness (QED) is 0.868. The average Bonchev–Trinajstić information content (AvgIpc) is 2.93. The molecule has 3 nitrogen and oxygen atoms in total. The van der Waals surface area contributed by atoms with Crippen LogP contribution in [0.1, 0.15) is 42.6 Å². The Hall–Kier alpha value is -0.900. The second-order valence-electron chi connectivity index (χ2n) is 5.86. The average molecular weight is 277 g/mol. The third-order valence-electron chi connectivity index (χ3n) is 4.16. The standard InChI is InChI=1S/C17H27NO2/c1-4-18(11-15-6-5-9-20-15)12-17(19)16-10-13(2)7-8-14(16)3/h7-8,10,15,17,19H,4-6,9,11-12H2,1-3H3. The van der Waals surface area contributed by atoms with E-state index < -0.39 is 6.10 Å². The first-order valence-electron chi connectivity index (χ1n) is 7.69. The number of nitrogens with zero attached hydrogens (tertiary/aromatic N) is 1. The van der Waals surface area contributed by atoms with Crippen LogP contribution >= 0.6 is 0 Å². The van der Waals surface area contributed by atoms with Gasteiger partial charge in [-0.25, -0.2) is 0 Å². The van der Waals surface area contributed by atoms with Gasteiger partial charge in [-0.3, -0.25) is 4.90 Å². The Morgan fingerprint density at radius 1 is 1.40 bits per heavy atom. The van der Waals surface area contributed by atoms with Crippen LogP contribution in [0.15, 0.2) is 18.2 Å². The zero-order chi connectivity index (χ0) is 14.5. The minimum Gasteiger partial charge on any atom is -0.387 e. The van der Waals surface area contributed by atoms with Crippen molar-refractivity contribution in [2.24, 2.45) is 0 Å². The molecule has 1 saturated heterocycles. The summed E-state index contributed by atoms with van der Waals surface area (Å²) in [7, 11) is 0. The lowest BCUT2D eigenvalue weighted by molar-refractivity contribution is 0.0514. The van der Waals surface area contributed by atoms with Crippen molar-refractivity contribution >= 4 is 0 Å². The van der Waals surface area contributed by atoms with Crippen LogP contribution in [0.2, 0.25) is 0 Å². The summed E-state index contributed by atoms with van der Waals surface area (Å²) in [5, 5.41) is 10.5. The van der Waals surface area contributed by atoms with E-state index in [0.717, 1.165) is 37.2 Å². The van der Waals surface area contributed by atoms with E-state index in [1.165, 1.54) is 12.0 Å². The highest BCUT2D eigenvalue weighted by molar-refractivity contribution is 5.32. The topological polar surface area (TPSA) is 32.7 Å². The van der Waals surface area contributed by atoms with E-state index in [1.807, 2.05) is 0 Å². The third-order valence-corrected chi connectivity index (χ3v) is 4.16. The van der Waals surface area contributed by atoms with E-state index in [4.69, 9.17) is 4.74 Å². The first-order valence-corrected chi connectivity index (χ1v) is 7.69. The van der Waals surface area contributed by atoms with Crippen molar-refractivity contribution in [2.45, 2.75) is 45.8 Å². The lowest BCUT2D eigenvalue weighted by Crippen LogP contribution is -2.35. The van der Waals surface area contributed by atoms with Gasteiger partial charge in [-0.05, 0) is 44.4 Å². The molecule has 1 aromatic carbocycles. The molecule has 1 fully saturated rings. The van der Waals surface area contributed by atoms with Crippen molar-refractivity contribution in [1.82, 2.24) is 4.90 Å². The van der Waals surface area contributed by atoms with Crippen molar-refractivity contribution in [3.8, 4) is 0 Å². The monoisotopic (exact) mass is 277 g/mol. The Morgan fingerprint density at radius 2 is 2.20 bits per heavy atom. The molecule has 0 radical (unpaired) electrons. The number of likely N-dealkylation sites (N-methyl/N-ethyl adjacent to an activating group) is 1. The number of ether oxygens (including phenoxy) is 1. The molecule has 2 unspecified atom stereocenters. The maximum Gasteiger partial charge on any atom is 0.0919 e. The van der Waals surface area contributed by atoms with Crippen LogP contribution in [-0.2, 0) is 4.74 Å². The Morgan fingerprint density at radius 3 is 2.85 bits per heavy atom. The molecular formula is C17H27NO2. The smallest absolute Gasteiger partial charge is 0.0919 e. The Bertz CT molecular complexity index is 427. The molecule has 2 rings (SSSR count). The van der Waals surface area contributed by atoms with Gasteiger partial charge in [0.05, 0.1) is 12.2 Å². The van der Waals surface area contributed by atoms with Gasteiger partial charge in [-0.2, -0.15) is 0 Å². The highest BCUT2D eigenvalue weighted by Crippen LogP contribution is 2.21. The van der Waals surface area contributed by atoms with Crippen LogP contribution in [0.3, 0.4) is 0 Å². The van der Waals surface area contributed by atoms with Gasteiger partial charge in [-0.1, -0.05) is 30.7 Å². The molecule has 0 saturated carbocycles. The zero-order valence-electron chi connectivity index (χ0n) is 12.9. The molecule has 0 amide bonds. The number of hydrogen-bond acceptors (Lipinski definition) is 3. The second kappa shape index (κ2) is 7.21. The number of hydrogen-bond donors (Lipinski definition) is 1. The van der Waals surface area contributed by atoms with Crippen LogP contribution in [-0.4, -0.2) is 42.4 Å². The van der Waals surface area contributed by atoms with Crippen LogP contribution < -0.4 is 0 Å². The minimum absolute atomic E-state index is 0.348. The van der Waals surface area contributed by atoms with E-state index in [0.29, 0.717) is 12.6 Å². The maximum atomic E-state index is 10.5. The fourth-order valence-electron chi connectivity index (χ4n) is 2.87. The first kappa shape index (κ1) is 15.5. The Labute approximate surface area is 122 Å². The van der Waals surface area contributed by atoms with Crippen LogP contribution in [0, 0.1) is 13.8 Å². The second-order valence-corrected chi connectivity index (χ2v) is 5.86. The summed E-state index contributed by atoms with van der Waals surface area (Å²) in [6.07, 6.45) is 2.25. The molecule has 1 aliphatic heterocycles. The Kier molecular flexibility index (Phi) is 5.58. The van der Waals surface area contributed by atoms with Crippen molar-refractivity contribution in [3.63, 3.8) is 0 Å². The molecule has 0 aliphatic carbocycles. The summed E-state index contributed by atoms with van der Waals surface area (Å²) in [5.74, 6) is 0. The number of aliphatic hydroxyl groups is 1. The predicted octanol–water partition coefficient (Wildman–Crippen LogP) is 2.84. The summed E-state index contributed by atoms with van der Waals surface area (Å²) < 4.78 is 5.69. The zero-order valence-corrected chi connectivity index (χ0v) is 12.9. The fraction of sp³-hybridized carbons (Fsp3) is 0.647. The SMILES string of the molecule is CCN(CC1CCCO1)CC(O)c1cc(C)ccc1C. The van der Waals surface area contributed by atoms with E-state index in [9.17, 15) is 5.11 Å². The molecule has 20 heavy (non-hydrogen) atoms. The maximum absolute atomic E-state index is 10.5. The number of aliphatic hydroxyl groups excluding tert-OH is 1. The number of benzene rings is 1. The molecule has 1 aromatic rings. The van der Waals surface area contributed by atoms with Crippen molar-refractivity contribution in [1.29, 1.82) is 0 Å². The van der Waals surface area contributed by atoms with Crippen molar-refractivity contribution in [3.05, 3.63) is 34.9 Å². The highest BCUT2D eigenvalue weighted by Gasteiger charge is 2.21. The predicted molar refractivity (Wildman–Crippen MR) is 82.0 cm³/mol. The lowest BCUT2D eigenvalue weighted by atomic mass is 10.0. The van der Waals surface area contributed by atoms with Gasteiger partial charge in [0.1, 0.15) is 0 Å². The largest absolute Gasteiger partial charge is 0.387 e. The fourth-order valence-corrected chi connectivity index (χ4v) is 2.87. The van der Waals surface area contributed by atoms with Crippen molar-refractivity contribution in [2.75, 3.05) is 26.2 Å². The summed E-state index contributed by atoms with van der Waals surface area (Å²) >= 11 is 0. The summed E-state index contributed by atoms with van der Waals surface area (Å²) in [5.41, 5.74) is 3.42. The molecule has 112 valence electrons. The Balaban J connectivity index is 1.97. The number of aryl methyl sites for hydroxylation is 2. The molecule has 0 bridgehead atoms. The molecule has 2 atom stereocenters. The van der Waals surface area contributed by atoms with Gasteiger partial charge in [0.25, 0.3) is 0 Å². The van der Waals surface area contributed by atoms with Gasteiger partial charge < -0.3 is 9.84 Å². The molecular weight excluding hydrogens is 250 g/mol. The normalized spacial score (nSPS) is 20.6. The summed E-state index contributed by atoms with van der Waals surface area (Å²) in [4.78, 5) is 2.29. The van der Waals surface area contributed by atoms with Gasteiger partial charge in [0.2, 0.25) is 0 Å². The number of rotatable bonds is 6.